The summed E-state index contributed by atoms with van der Waals surface area (Å²) >= 11 is 0. The van der Waals surface area contributed by atoms with Gasteiger partial charge in [-0.25, -0.2) is 0 Å². The van der Waals surface area contributed by atoms with E-state index < -0.39 is 0 Å². The van der Waals surface area contributed by atoms with Gasteiger partial charge in [-0.05, 0) is 17.8 Å². The molecule has 3 atom stereocenters. The predicted octanol–water partition coefficient (Wildman–Crippen LogP) is -0.164. The fourth-order valence-corrected chi connectivity index (χ4v) is 2.77. The highest BCUT2D eigenvalue weighted by molar-refractivity contribution is 5.13. The minimum absolute atomic E-state index is 0.553. The summed E-state index contributed by atoms with van der Waals surface area (Å²) in [5, 5.41) is 3.49. The van der Waals surface area contributed by atoms with Crippen molar-refractivity contribution in [3.63, 3.8) is 0 Å². The Morgan fingerprint density at radius 1 is 1.64 bits per heavy atom. The van der Waals surface area contributed by atoms with Gasteiger partial charge < -0.3 is 5.32 Å². The second kappa shape index (κ2) is 2.19. The molecule has 1 aliphatic heterocycles. The van der Waals surface area contributed by atoms with E-state index in [-0.39, 0.29) is 0 Å². The lowest BCUT2D eigenvalue weighted by Crippen LogP contribution is -2.76. The van der Waals surface area contributed by atoms with Crippen molar-refractivity contribution in [1.29, 1.82) is 0 Å². The van der Waals surface area contributed by atoms with Crippen molar-refractivity contribution in [3.05, 3.63) is 0 Å². The average Bonchev–Trinajstić information content (AvgIpc) is 1.83. The van der Waals surface area contributed by atoms with Crippen LogP contribution in [-0.4, -0.2) is 18.6 Å². The van der Waals surface area contributed by atoms with Crippen LogP contribution in [0.2, 0.25) is 0 Å². The maximum atomic E-state index is 5.27. The summed E-state index contributed by atoms with van der Waals surface area (Å²) in [5.74, 6) is 6.13. The first-order valence-corrected chi connectivity index (χ1v) is 4.34. The van der Waals surface area contributed by atoms with Crippen molar-refractivity contribution in [3.8, 4) is 0 Å². The second-order valence-corrected chi connectivity index (χ2v) is 4.51. The van der Waals surface area contributed by atoms with Gasteiger partial charge >= 0.3 is 0 Å². The standard InChI is InChI=1S/C8H17N3/c1-8(2)3-5-7(8)6(11-5)4-10-9/h5-7,10-11H,3-4,9H2,1-2H3. The molecule has 3 nitrogen and oxygen atoms in total. The van der Waals surface area contributed by atoms with E-state index in [4.69, 9.17) is 5.84 Å². The summed E-state index contributed by atoms with van der Waals surface area (Å²) in [6.45, 7) is 5.60. The highest BCUT2D eigenvalue weighted by Crippen LogP contribution is 2.53. The van der Waals surface area contributed by atoms with Gasteiger partial charge in [-0.1, -0.05) is 13.8 Å². The number of rotatable bonds is 2. The zero-order valence-electron chi connectivity index (χ0n) is 7.22. The molecule has 1 heterocycles. The highest BCUT2D eigenvalue weighted by Gasteiger charge is 2.57. The fourth-order valence-electron chi connectivity index (χ4n) is 2.77. The van der Waals surface area contributed by atoms with E-state index in [0.717, 1.165) is 18.5 Å². The van der Waals surface area contributed by atoms with Crippen LogP contribution in [0.5, 0.6) is 0 Å². The first-order chi connectivity index (χ1) is 5.15. The molecular weight excluding hydrogens is 138 g/mol. The van der Waals surface area contributed by atoms with Crippen LogP contribution in [0.1, 0.15) is 20.3 Å². The number of nitrogens with one attached hydrogen (secondary N) is 2. The summed E-state index contributed by atoms with van der Waals surface area (Å²) in [4.78, 5) is 0. The summed E-state index contributed by atoms with van der Waals surface area (Å²) in [6.07, 6.45) is 1.33. The van der Waals surface area contributed by atoms with Gasteiger partial charge in [0.15, 0.2) is 0 Å². The Morgan fingerprint density at radius 2 is 2.36 bits per heavy atom. The van der Waals surface area contributed by atoms with Crippen LogP contribution in [0, 0.1) is 11.3 Å². The Labute approximate surface area is 67.7 Å². The SMILES string of the molecule is CC1(C)CC2NC(CNN)C21. The van der Waals surface area contributed by atoms with Gasteiger partial charge in [-0.2, -0.15) is 0 Å². The number of hydrazine groups is 1. The van der Waals surface area contributed by atoms with Gasteiger partial charge in [0.1, 0.15) is 0 Å². The minimum atomic E-state index is 0.553. The molecule has 0 aromatic rings. The van der Waals surface area contributed by atoms with Gasteiger partial charge in [-0.15, -0.1) is 0 Å². The van der Waals surface area contributed by atoms with Crippen molar-refractivity contribution in [2.45, 2.75) is 32.4 Å². The third kappa shape index (κ3) is 0.916. The summed E-state index contributed by atoms with van der Waals surface area (Å²) in [6, 6.07) is 1.41. The molecule has 0 radical (unpaired) electrons. The lowest BCUT2D eigenvalue weighted by Gasteiger charge is -2.64. The van der Waals surface area contributed by atoms with E-state index >= 15 is 0 Å². The Bertz CT molecular complexity index is 165. The Balaban J connectivity index is 1.91. The minimum Gasteiger partial charge on any atom is -0.309 e. The molecule has 3 heteroatoms. The fraction of sp³-hybridized carbons (Fsp3) is 1.00. The topological polar surface area (TPSA) is 50.1 Å². The quantitative estimate of drug-likeness (QED) is 0.383. The zero-order valence-corrected chi connectivity index (χ0v) is 7.22. The molecule has 2 fully saturated rings. The molecule has 1 aliphatic carbocycles. The highest BCUT2D eigenvalue weighted by atomic mass is 15.2. The molecule has 2 rings (SSSR count). The molecule has 0 spiro atoms. The maximum absolute atomic E-state index is 5.27. The van der Waals surface area contributed by atoms with Crippen LogP contribution in [0.15, 0.2) is 0 Å². The van der Waals surface area contributed by atoms with Gasteiger partial charge in [-0.3, -0.25) is 11.3 Å². The number of nitrogens with two attached hydrogens (primary N) is 1. The summed E-state index contributed by atoms with van der Waals surface area (Å²) in [5.41, 5.74) is 3.28. The molecule has 3 unspecified atom stereocenters. The summed E-state index contributed by atoms with van der Waals surface area (Å²) in [7, 11) is 0. The van der Waals surface area contributed by atoms with Crippen molar-refractivity contribution >= 4 is 0 Å². The van der Waals surface area contributed by atoms with Crippen LogP contribution in [-0.2, 0) is 0 Å². The van der Waals surface area contributed by atoms with Gasteiger partial charge in [0.2, 0.25) is 0 Å². The number of hydrogen-bond acceptors (Lipinski definition) is 3. The average molecular weight is 155 g/mol. The third-order valence-corrected chi connectivity index (χ3v) is 3.28. The molecule has 0 aromatic carbocycles. The van der Waals surface area contributed by atoms with Crippen molar-refractivity contribution in [2.24, 2.45) is 17.2 Å². The van der Waals surface area contributed by atoms with E-state index in [0.29, 0.717) is 11.5 Å². The van der Waals surface area contributed by atoms with Crippen LogP contribution in [0.4, 0.5) is 0 Å². The monoisotopic (exact) mass is 155 g/mol. The van der Waals surface area contributed by atoms with Crippen molar-refractivity contribution < 1.29 is 0 Å². The first kappa shape index (κ1) is 7.53. The lowest BCUT2D eigenvalue weighted by atomic mass is 9.51. The summed E-state index contributed by atoms with van der Waals surface area (Å²) < 4.78 is 0. The van der Waals surface area contributed by atoms with Crippen LogP contribution >= 0.6 is 0 Å². The van der Waals surface area contributed by atoms with E-state index in [9.17, 15) is 0 Å². The molecule has 0 bridgehead atoms. The van der Waals surface area contributed by atoms with Gasteiger partial charge in [0, 0.05) is 18.6 Å². The molecule has 0 amide bonds. The third-order valence-electron chi connectivity index (χ3n) is 3.28. The van der Waals surface area contributed by atoms with Crippen LogP contribution in [0.3, 0.4) is 0 Å². The first-order valence-electron chi connectivity index (χ1n) is 4.34. The number of piperidine rings is 1. The zero-order chi connectivity index (χ0) is 8.06. The Hall–Kier alpha value is -0.120. The molecule has 64 valence electrons. The van der Waals surface area contributed by atoms with Crippen molar-refractivity contribution in [2.75, 3.05) is 6.54 Å². The Kier molecular flexibility index (Phi) is 1.50. The Morgan fingerprint density at radius 3 is 2.82 bits per heavy atom. The van der Waals surface area contributed by atoms with E-state index in [2.05, 4.69) is 24.6 Å². The van der Waals surface area contributed by atoms with E-state index in [1.54, 1.807) is 0 Å². The molecule has 2 aliphatic rings. The largest absolute Gasteiger partial charge is 0.309 e. The second-order valence-electron chi connectivity index (χ2n) is 4.51. The lowest BCUT2D eigenvalue weighted by molar-refractivity contribution is -0.0884. The molecule has 1 saturated heterocycles. The molecule has 1 saturated carbocycles. The van der Waals surface area contributed by atoms with E-state index in [1.807, 2.05) is 0 Å². The molecule has 0 aromatic heterocycles. The van der Waals surface area contributed by atoms with Crippen molar-refractivity contribution in [1.82, 2.24) is 10.7 Å². The van der Waals surface area contributed by atoms with E-state index in [1.165, 1.54) is 6.42 Å². The molecule has 4 N–H and O–H groups in total. The molecule has 11 heavy (non-hydrogen) atoms. The number of fused-ring (bicyclic) bond motifs is 1. The number of hydrogen-bond donors (Lipinski definition) is 3. The van der Waals surface area contributed by atoms with Crippen LogP contribution in [0.25, 0.3) is 0 Å². The normalized spacial score (nSPS) is 45.5. The van der Waals surface area contributed by atoms with Gasteiger partial charge in [0.25, 0.3) is 0 Å². The van der Waals surface area contributed by atoms with Crippen LogP contribution < -0.4 is 16.6 Å². The smallest absolute Gasteiger partial charge is 0.0257 e. The molecular formula is C8H17N3. The van der Waals surface area contributed by atoms with Gasteiger partial charge in [0.05, 0.1) is 0 Å². The predicted molar refractivity (Wildman–Crippen MR) is 44.8 cm³/mol. The maximum Gasteiger partial charge on any atom is 0.0257 e.